The highest BCUT2D eigenvalue weighted by molar-refractivity contribution is 6.39. The molecule has 27 heavy (non-hydrogen) atoms. The van der Waals surface area contributed by atoms with E-state index in [1.165, 1.54) is 16.7 Å². The van der Waals surface area contributed by atoms with Crippen molar-refractivity contribution >= 4 is 34.8 Å². The van der Waals surface area contributed by atoms with E-state index in [0.717, 1.165) is 31.9 Å². The van der Waals surface area contributed by atoms with Crippen molar-refractivity contribution in [3.63, 3.8) is 0 Å². The highest BCUT2D eigenvalue weighted by atomic mass is 35.5. The van der Waals surface area contributed by atoms with Crippen molar-refractivity contribution in [3.05, 3.63) is 63.3 Å². The summed E-state index contributed by atoms with van der Waals surface area (Å²) < 4.78 is 0. The van der Waals surface area contributed by atoms with Crippen LogP contribution in [0.2, 0.25) is 10.0 Å². The van der Waals surface area contributed by atoms with Gasteiger partial charge in [-0.15, -0.1) is 0 Å². The van der Waals surface area contributed by atoms with Gasteiger partial charge in [0, 0.05) is 12.7 Å². The van der Waals surface area contributed by atoms with Gasteiger partial charge in [-0.05, 0) is 50.0 Å². The van der Waals surface area contributed by atoms with Crippen LogP contribution < -0.4 is 16.0 Å². The predicted octanol–water partition coefficient (Wildman–Crippen LogP) is 5.28. The molecule has 0 fully saturated rings. The first-order chi connectivity index (χ1) is 12.9. The molecule has 0 amide bonds. The molecule has 4 rings (SSSR count). The molecule has 4 nitrogen and oxygen atoms in total. The number of fused-ring (bicyclic) bond motifs is 1. The highest BCUT2D eigenvalue weighted by Gasteiger charge is 2.34. The normalized spacial score (nSPS) is 22.9. The molecule has 3 aliphatic rings. The van der Waals surface area contributed by atoms with Gasteiger partial charge in [0.2, 0.25) is 0 Å². The van der Waals surface area contributed by atoms with Crippen LogP contribution in [0.3, 0.4) is 0 Å². The predicted molar refractivity (Wildman–Crippen MR) is 117 cm³/mol. The van der Waals surface area contributed by atoms with Crippen LogP contribution in [0.5, 0.6) is 0 Å². The molecule has 1 aromatic carbocycles. The van der Waals surface area contributed by atoms with Crippen LogP contribution in [0.25, 0.3) is 0 Å². The molecule has 1 atom stereocenters. The fraction of sp³-hybridized carbons (Fsp3) is 0.381. The van der Waals surface area contributed by atoms with Gasteiger partial charge in [-0.3, -0.25) is 4.99 Å². The minimum Gasteiger partial charge on any atom is -0.381 e. The van der Waals surface area contributed by atoms with Gasteiger partial charge in [0.25, 0.3) is 0 Å². The van der Waals surface area contributed by atoms with Gasteiger partial charge in [-0.1, -0.05) is 53.9 Å². The van der Waals surface area contributed by atoms with Crippen molar-refractivity contribution in [3.8, 4) is 0 Å². The Bertz CT molecular complexity index is 818. The van der Waals surface area contributed by atoms with Gasteiger partial charge in [0.05, 0.1) is 27.8 Å². The maximum atomic E-state index is 5.98. The number of nitrogens with one attached hydrogen (secondary N) is 3. The molecule has 3 N–H and O–H groups in total. The molecule has 6 heteroatoms. The zero-order valence-corrected chi connectivity index (χ0v) is 17.5. The summed E-state index contributed by atoms with van der Waals surface area (Å²) in [5.41, 5.74) is 5.25. The molecule has 0 aromatic heterocycles. The number of aliphatic imine (C=N–C) groups is 1. The number of hydrogen-bond acceptors (Lipinski definition) is 4. The summed E-state index contributed by atoms with van der Waals surface area (Å²) in [6, 6.07) is 5.37. The van der Waals surface area contributed by atoms with E-state index in [0.29, 0.717) is 15.7 Å². The maximum Gasteiger partial charge on any atom is 0.196 e. The maximum absolute atomic E-state index is 5.98. The molecule has 0 saturated heterocycles. The molecule has 1 aromatic rings. The molecule has 2 heterocycles. The van der Waals surface area contributed by atoms with Gasteiger partial charge in [0.1, 0.15) is 0 Å². The first-order valence-corrected chi connectivity index (χ1v) is 10.0. The Balaban J connectivity index is 0.000000156. The molecule has 0 spiro atoms. The Morgan fingerprint density at radius 1 is 1.26 bits per heavy atom. The summed E-state index contributed by atoms with van der Waals surface area (Å²) in [4.78, 5) is 4.19. The second-order valence-electron chi connectivity index (χ2n) is 7.09. The Labute approximate surface area is 171 Å². The topological polar surface area (TPSA) is 48.5 Å². The molecule has 144 valence electrons. The zero-order chi connectivity index (χ0) is 19.4. The third-order valence-corrected chi connectivity index (χ3v) is 5.60. The number of benzene rings is 1. The number of hydrogen-bond donors (Lipinski definition) is 3. The smallest absolute Gasteiger partial charge is 0.196 e. The standard InChI is InChI=1S/C12H17N.C9H9Cl2N3/c1-4-10-8-13-12(3)6-5-9(2)7-11(10)12;10-6-2-1-3-7(11)8(6)14-9-12-4-5-13-9/h5,7-8,13H,4,6H2,1-3H3;1-3H,4-5H2,(H2,12,13,14). The Hall–Kier alpha value is -1.91. The molecule has 0 bridgehead atoms. The summed E-state index contributed by atoms with van der Waals surface area (Å²) in [5, 5.41) is 10.8. The van der Waals surface area contributed by atoms with E-state index >= 15 is 0 Å². The quantitative estimate of drug-likeness (QED) is 0.627. The summed E-state index contributed by atoms with van der Waals surface area (Å²) in [5.74, 6) is 0.722. The summed E-state index contributed by atoms with van der Waals surface area (Å²) in [7, 11) is 0. The zero-order valence-electron chi connectivity index (χ0n) is 16.0. The van der Waals surface area contributed by atoms with Crippen LogP contribution >= 0.6 is 23.2 Å². The lowest BCUT2D eigenvalue weighted by Gasteiger charge is -2.30. The molecule has 0 saturated carbocycles. The molecule has 1 unspecified atom stereocenters. The SMILES string of the molecule is CCC1=CNC2(C)CC=C(C)C=C12.Clc1cccc(Cl)c1NC1=NCCN1. The Kier molecular flexibility index (Phi) is 6.18. The minimum absolute atomic E-state index is 0.185. The van der Waals surface area contributed by atoms with Crippen LogP contribution in [-0.2, 0) is 0 Å². The van der Waals surface area contributed by atoms with E-state index in [4.69, 9.17) is 23.2 Å². The fourth-order valence-electron chi connectivity index (χ4n) is 3.34. The van der Waals surface area contributed by atoms with Crippen LogP contribution in [0.4, 0.5) is 5.69 Å². The largest absolute Gasteiger partial charge is 0.381 e. The Morgan fingerprint density at radius 3 is 2.63 bits per heavy atom. The number of allylic oxidation sites excluding steroid dienone is 2. The molecular weight excluding hydrogens is 379 g/mol. The summed E-state index contributed by atoms with van der Waals surface area (Å²) in [6.45, 7) is 8.31. The minimum atomic E-state index is 0.185. The monoisotopic (exact) mass is 404 g/mol. The van der Waals surface area contributed by atoms with Crippen LogP contribution in [0.1, 0.15) is 33.6 Å². The number of anilines is 1. The van der Waals surface area contributed by atoms with Crippen molar-refractivity contribution in [1.29, 1.82) is 0 Å². The van der Waals surface area contributed by atoms with E-state index in [1.807, 2.05) is 0 Å². The van der Waals surface area contributed by atoms with Crippen molar-refractivity contribution in [2.24, 2.45) is 4.99 Å². The fourth-order valence-corrected chi connectivity index (χ4v) is 3.83. The molecule has 2 aliphatic heterocycles. The number of guanidine groups is 1. The molecule has 0 radical (unpaired) electrons. The van der Waals surface area contributed by atoms with E-state index in [2.05, 4.69) is 60.1 Å². The number of nitrogens with zero attached hydrogens (tertiary/aromatic N) is 1. The second-order valence-corrected chi connectivity index (χ2v) is 7.90. The van der Waals surface area contributed by atoms with E-state index < -0.39 is 0 Å². The third-order valence-electron chi connectivity index (χ3n) is 4.97. The third kappa shape index (κ3) is 4.50. The summed E-state index contributed by atoms with van der Waals surface area (Å²) >= 11 is 12.0. The van der Waals surface area contributed by atoms with Crippen LogP contribution in [0, 0.1) is 0 Å². The van der Waals surface area contributed by atoms with Gasteiger partial charge < -0.3 is 16.0 Å². The van der Waals surface area contributed by atoms with E-state index in [-0.39, 0.29) is 5.54 Å². The lowest BCUT2D eigenvalue weighted by atomic mass is 9.81. The average Bonchev–Trinajstić information content (AvgIpc) is 3.27. The van der Waals surface area contributed by atoms with Gasteiger partial charge in [-0.25, -0.2) is 0 Å². The van der Waals surface area contributed by atoms with E-state index in [1.54, 1.807) is 18.2 Å². The summed E-state index contributed by atoms with van der Waals surface area (Å²) in [6.07, 6.45) is 9.05. The van der Waals surface area contributed by atoms with Crippen molar-refractivity contribution in [2.45, 2.75) is 39.2 Å². The van der Waals surface area contributed by atoms with Gasteiger partial charge in [-0.2, -0.15) is 0 Å². The highest BCUT2D eigenvalue weighted by Crippen LogP contribution is 2.37. The van der Waals surface area contributed by atoms with Gasteiger partial charge >= 0.3 is 0 Å². The first kappa shape index (κ1) is 19.8. The molecular formula is C21H26Cl2N4. The first-order valence-electron chi connectivity index (χ1n) is 9.28. The lowest BCUT2D eigenvalue weighted by molar-refractivity contribution is 0.498. The van der Waals surface area contributed by atoms with Crippen molar-refractivity contribution in [2.75, 3.05) is 18.4 Å². The van der Waals surface area contributed by atoms with Crippen LogP contribution in [0.15, 0.2) is 58.3 Å². The second kappa shape index (κ2) is 8.41. The average molecular weight is 405 g/mol. The van der Waals surface area contributed by atoms with Crippen LogP contribution in [-0.4, -0.2) is 24.6 Å². The number of para-hydroxylation sites is 1. The number of rotatable bonds is 2. The van der Waals surface area contributed by atoms with Crippen molar-refractivity contribution < 1.29 is 0 Å². The van der Waals surface area contributed by atoms with Gasteiger partial charge in [0.15, 0.2) is 5.96 Å². The number of halogens is 2. The molecule has 1 aliphatic carbocycles. The van der Waals surface area contributed by atoms with Crippen molar-refractivity contribution in [1.82, 2.24) is 10.6 Å². The lowest BCUT2D eigenvalue weighted by Crippen LogP contribution is -2.37. The van der Waals surface area contributed by atoms with E-state index in [9.17, 15) is 0 Å². The Morgan fingerprint density at radius 2 is 2.00 bits per heavy atom.